The number of benzene rings is 1. The van der Waals surface area contributed by atoms with Gasteiger partial charge in [-0.05, 0) is 31.4 Å². The van der Waals surface area contributed by atoms with Crippen molar-refractivity contribution in [3.8, 4) is 0 Å². The molecule has 14 heavy (non-hydrogen) atoms. The highest BCUT2D eigenvalue weighted by Crippen LogP contribution is 2.23. The summed E-state index contributed by atoms with van der Waals surface area (Å²) < 4.78 is 0. The molecule has 0 spiro atoms. The summed E-state index contributed by atoms with van der Waals surface area (Å²) in [6.45, 7) is 6.25. The lowest BCUT2D eigenvalue weighted by atomic mass is 10.0. The van der Waals surface area contributed by atoms with Crippen LogP contribution < -0.4 is 5.32 Å². The van der Waals surface area contributed by atoms with Crippen LogP contribution in [0.2, 0.25) is 0 Å². The smallest absolute Gasteiger partial charge is 0.211 e. The Morgan fingerprint density at radius 1 is 1.36 bits per heavy atom. The summed E-state index contributed by atoms with van der Waals surface area (Å²) in [5.74, 6) is 0. The molecule has 0 saturated heterocycles. The topological polar surface area (TPSA) is 29.1 Å². The molecule has 0 aliphatic heterocycles. The Labute approximate surface area is 85.3 Å². The molecule has 0 heterocycles. The molecular formula is C12H17NO. The van der Waals surface area contributed by atoms with Crippen LogP contribution in [0.15, 0.2) is 12.1 Å². The maximum absolute atomic E-state index is 10.5. The molecule has 0 bridgehead atoms. The first kappa shape index (κ1) is 10.8. The van der Waals surface area contributed by atoms with E-state index in [1.54, 1.807) is 0 Å². The second-order valence-corrected chi connectivity index (χ2v) is 3.63. The number of rotatable bonds is 4. The van der Waals surface area contributed by atoms with Gasteiger partial charge in [0.1, 0.15) is 0 Å². The van der Waals surface area contributed by atoms with Gasteiger partial charge in [-0.15, -0.1) is 0 Å². The summed E-state index contributed by atoms with van der Waals surface area (Å²) in [6, 6.07) is 4.23. The molecule has 0 aliphatic carbocycles. The SMILES string of the molecule is CCCc1cc(C)cc(C)c1NC=O. The molecule has 0 radical (unpaired) electrons. The van der Waals surface area contributed by atoms with Gasteiger partial charge < -0.3 is 5.32 Å². The Morgan fingerprint density at radius 3 is 2.64 bits per heavy atom. The van der Waals surface area contributed by atoms with Gasteiger partial charge in [-0.2, -0.15) is 0 Å². The normalized spacial score (nSPS) is 9.93. The molecule has 1 aromatic rings. The first-order chi connectivity index (χ1) is 6.69. The van der Waals surface area contributed by atoms with Gasteiger partial charge >= 0.3 is 0 Å². The van der Waals surface area contributed by atoms with Crippen molar-refractivity contribution in [1.82, 2.24) is 0 Å². The molecule has 0 atom stereocenters. The molecule has 0 saturated carbocycles. The van der Waals surface area contributed by atoms with Gasteiger partial charge in [-0.1, -0.05) is 31.0 Å². The maximum Gasteiger partial charge on any atom is 0.211 e. The maximum atomic E-state index is 10.5. The third-order valence-corrected chi connectivity index (χ3v) is 2.28. The zero-order valence-electron chi connectivity index (χ0n) is 9.05. The summed E-state index contributed by atoms with van der Waals surface area (Å²) in [5.41, 5.74) is 4.60. The van der Waals surface area contributed by atoms with Gasteiger partial charge in [-0.25, -0.2) is 0 Å². The third kappa shape index (κ3) is 2.34. The molecule has 2 heteroatoms. The fourth-order valence-electron chi connectivity index (χ4n) is 1.79. The molecule has 1 aromatic carbocycles. The largest absolute Gasteiger partial charge is 0.328 e. The first-order valence-corrected chi connectivity index (χ1v) is 4.99. The first-order valence-electron chi connectivity index (χ1n) is 4.99. The zero-order valence-corrected chi connectivity index (χ0v) is 9.05. The van der Waals surface area contributed by atoms with Gasteiger partial charge in [0, 0.05) is 5.69 Å². The number of aryl methyl sites for hydroxylation is 3. The van der Waals surface area contributed by atoms with Crippen molar-refractivity contribution >= 4 is 12.1 Å². The summed E-state index contributed by atoms with van der Waals surface area (Å²) in [7, 11) is 0. The van der Waals surface area contributed by atoms with E-state index in [4.69, 9.17) is 0 Å². The Morgan fingerprint density at radius 2 is 2.07 bits per heavy atom. The van der Waals surface area contributed by atoms with Crippen molar-refractivity contribution in [2.24, 2.45) is 0 Å². The fraction of sp³-hybridized carbons (Fsp3) is 0.417. The van der Waals surface area contributed by atoms with Crippen molar-refractivity contribution in [3.63, 3.8) is 0 Å². The quantitative estimate of drug-likeness (QED) is 0.728. The van der Waals surface area contributed by atoms with Crippen LogP contribution in [-0.4, -0.2) is 6.41 Å². The number of carbonyl (C=O) groups is 1. The number of nitrogens with one attached hydrogen (secondary N) is 1. The highest BCUT2D eigenvalue weighted by Gasteiger charge is 2.05. The lowest BCUT2D eigenvalue weighted by molar-refractivity contribution is -0.105. The Kier molecular flexibility index (Phi) is 3.69. The van der Waals surface area contributed by atoms with Gasteiger partial charge in [0.15, 0.2) is 0 Å². The standard InChI is InChI=1S/C12H17NO/c1-4-5-11-7-9(2)6-10(3)12(11)13-8-14/h6-8H,4-5H2,1-3H3,(H,13,14). The van der Waals surface area contributed by atoms with Gasteiger partial charge in [0.05, 0.1) is 0 Å². The Hall–Kier alpha value is -1.31. The number of anilines is 1. The van der Waals surface area contributed by atoms with Gasteiger partial charge in [-0.3, -0.25) is 4.79 Å². The van der Waals surface area contributed by atoms with Crippen LogP contribution in [0, 0.1) is 13.8 Å². The average molecular weight is 191 g/mol. The van der Waals surface area contributed by atoms with Crippen LogP contribution in [0.25, 0.3) is 0 Å². The van der Waals surface area contributed by atoms with Crippen molar-refractivity contribution < 1.29 is 4.79 Å². The van der Waals surface area contributed by atoms with Crippen LogP contribution >= 0.6 is 0 Å². The molecule has 0 unspecified atom stereocenters. The lowest BCUT2D eigenvalue weighted by Crippen LogP contribution is -2.02. The molecule has 2 nitrogen and oxygen atoms in total. The van der Waals surface area contributed by atoms with Gasteiger partial charge in [0.25, 0.3) is 0 Å². The van der Waals surface area contributed by atoms with E-state index in [2.05, 4.69) is 31.3 Å². The number of hydrogen-bond donors (Lipinski definition) is 1. The summed E-state index contributed by atoms with van der Waals surface area (Å²) in [5, 5.41) is 2.78. The minimum absolute atomic E-state index is 0.747. The van der Waals surface area contributed by atoms with Crippen molar-refractivity contribution in [1.29, 1.82) is 0 Å². The van der Waals surface area contributed by atoms with Crippen molar-refractivity contribution in [2.45, 2.75) is 33.6 Å². The van der Waals surface area contributed by atoms with Gasteiger partial charge in [0.2, 0.25) is 6.41 Å². The predicted molar refractivity (Wildman–Crippen MR) is 59.6 cm³/mol. The molecule has 1 N–H and O–H groups in total. The summed E-state index contributed by atoms with van der Waals surface area (Å²) in [6.07, 6.45) is 2.85. The van der Waals surface area contributed by atoms with E-state index < -0.39 is 0 Å². The predicted octanol–water partition coefficient (Wildman–Crippen LogP) is 2.82. The van der Waals surface area contributed by atoms with E-state index in [-0.39, 0.29) is 0 Å². The van der Waals surface area contributed by atoms with E-state index >= 15 is 0 Å². The zero-order chi connectivity index (χ0) is 10.6. The van der Waals surface area contributed by atoms with Crippen molar-refractivity contribution in [2.75, 3.05) is 5.32 Å². The van der Waals surface area contributed by atoms with Crippen LogP contribution in [0.3, 0.4) is 0 Å². The molecule has 76 valence electrons. The molecule has 0 aliphatic rings. The number of carbonyl (C=O) groups excluding carboxylic acids is 1. The van der Waals surface area contributed by atoms with Crippen LogP contribution in [0.4, 0.5) is 5.69 Å². The van der Waals surface area contributed by atoms with E-state index in [1.165, 1.54) is 11.1 Å². The van der Waals surface area contributed by atoms with E-state index in [0.717, 1.165) is 30.5 Å². The van der Waals surface area contributed by atoms with E-state index in [0.29, 0.717) is 0 Å². The highest BCUT2D eigenvalue weighted by molar-refractivity contribution is 5.76. The molecular weight excluding hydrogens is 174 g/mol. The second-order valence-electron chi connectivity index (χ2n) is 3.63. The summed E-state index contributed by atoms with van der Waals surface area (Å²) in [4.78, 5) is 10.5. The summed E-state index contributed by atoms with van der Waals surface area (Å²) >= 11 is 0. The third-order valence-electron chi connectivity index (χ3n) is 2.28. The molecule has 1 amide bonds. The second kappa shape index (κ2) is 4.80. The van der Waals surface area contributed by atoms with Crippen LogP contribution in [0.1, 0.15) is 30.0 Å². The lowest BCUT2D eigenvalue weighted by Gasteiger charge is -2.12. The molecule has 1 rings (SSSR count). The van der Waals surface area contributed by atoms with Crippen molar-refractivity contribution in [3.05, 3.63) is 28.8 Å². The Bertz CT molecular complexity index is 331. The van der Waals surface area contributed by atoms with E-state index in [1.807, 2.05) is 6.92 Å². The van der Waals surface area contributed by atoms with Crippen LogP contribution in [0.5, 0.6) is 0 Å². The minimum Gasteiger partial charge on any atom is -0.328 e. The molecule has 0 aromatic heterocycles. The monoisotopic (exact) mass is 191 g/mol. The Balaban J connectivity index is 3.13. The fourth-order valence-corrected chi connectivity index (χ4v) is 1.79. The highest BCUT2D eigenvalue weighted by atomic mass is 16.1. The average Bonchev–Trinajstić information content (AvgIpc) is 2.11. The molecule has 0 fully saturated rings. The van der Waals surface area contributed by atoms with Crippen LogP contribution in [-0.2, 0) is 11.2 Å². The number of amides is 1. The minimum atomic E-state index is 0.747. The number of hydrogen-bond acceptors (Lipinski definition) is 1. The van der Waals surface area contributed by atoms with E-state index in [9.17, 15) is 4.79 Å².